The quantitative estimate of drug-likeness (QED) is 0.781. The summed E-state index contributed by atoms with van der Waals surface area (Å²) in [5.74, 6) is 1.65. The minimum Gasteiger partial charge on any atom is -0.382 e. The first-order chi connectivity index (χ1) is 7.20. The van der Waals surface area contributed by atoms with Crippen LogP contribution in [0.25, 0.3) is 0 Å². The number of aromatic nitrogens is 2. The predicted octanol–water partition coefficient (Wildman–Crippen LogP) is 0.842. The maximum Gasteiger partial charge on any atom is 0.226 e. The topological polar surface area (TPSA) is 74.2 Å². The number of ether oxygens (including phenoxy) is 1. The third-order valence-corrected chi connectivity index (χ3v) is 2.88. The molecule has 0 aromatic carbocycles. The van der Waals surface area contributed by atoms with E-state index in [0.29, 0.717) is 24.2 Å². The number of nitrogens with zero attached hydrogens (tertiary/aromatic N) is 2. The summed E-state index contributed by atoms with van der Waals surface area (Å²) in [7, 11) is 1.64. The van der Waals surface area contributed by atoms with Gasteiger partial charge >= 0.3 is 0 Å². The average molecular weight is 211 g/mol. The van der Waals surface area contributed by atoms with Crippen molar-refractivity contribution in [2.24, 2.45) is 11.7 Å². The fourth-order valence-electron chi connectivity index (χ4n) is 1.79. The first-order valence-corrected chi connectivity index (χ1v) is 5.31. The van der Waals surface area contributed by atoms with E-state index in [4.69, 9.17) is 15.0 Å². The van der Waals surface area contributed by atoms with Crippen molar-refractivity contribution in [2.45, 2.75) is 31.7 Å². The maximum atomic E-state index is 6.29. The fourth-order valence-corrected chi connectivity index (χ4v) is 1.79. The molecule has 84 valence electrons. The molecular formula is C10H17N3O2. The molecular weight excluding hydrogens is 194 g/mol. The summed E-state index contributed by atoms with van der Waals surface area (Å²) in [5.41, 5.74) is 5.73. The van der Waals surface area contributed by atoms with Gasteiger partial charge in [-0.15, -0.1) is 0 Å². The van der Waals surface area contributed by atoms with Crippen molar-refractivity contribution in [3.63, 3.8) is 0 Å². The first kappa shape index (κ1) is 10.6. The first-order valence-electron chi connectivity index (χ1n) is 5.31. The number of hydrogen-bond acceptors (Lipinski definition) is 5. The second-order valence-electron chi connectivity index (χ2n) is 4.11. The van der Waals surface area contributed by atoms with Gasteiger partial charge in [-0.2, -0.15) is 4.98 Å². The molecule has 1 heterocycles. The van der Waals surface area contributed by atoms with E-state index in [1.807, 2.05) is 6.92 Å². The SMILES string of the molecule is CCc1nc(C(N)(COC)C2CC2)no1. The summed E-state index contributed by atoms with van der Waals surface area (Å²) in [5, 5.41) is 3.95. The van der Waals surface area contributed by atoms with E-state index in [0.717, 1.165) is 19.3 Å². The molecule has 0 radical (unpaired) electrons. The van der Waals surface area contributed by atoms with Gasteiger partial charge in [0.15, 0.2) is 5.82 Å². The highest BCUT2D eigenvalue weighted by Crippen LogP contribution is 2.43. The summed E-state index contributed by atoms with van der Waals surface area (Å²) >= 11 is 0. The van der Waals surface area contributed by atoms with Crippen LogP contribution in [0.5, 0.6) is 0 Å². The molecule has 1 fully saturated rings. The molecule has 0 bridgehead atoms. The third-order valence-electron chi connectivity index (χ3n) is 2.88. The van der Waals surface area contributed by atoms with Crippen LogP contribution in [0.3, 0.4) is 0 Å². The Kier molecular flexibility index (Phi) is 2.75. The fraction of sp³-hybridized carbons (Fsp3) is 0.800. The molecule has 0 saturated heterocycles. The normalized spacial score (nSPS) is 20.2. The molecule has 5 heteroatoms. The van der Waals surface area contributed by atoms with Gasteiger partial charge in [0.05, 0.1) is 6.61 Å². The minimum absolute atomic E-state index is 0.430. The van der Waals surface area contributed by atoms with Gasteiger partial charge in [0.2, 0.25) is 5.89 Å². The Morgan fingerprint density at radius 1 is 1.60 bits per heavy atom. The van der Waals surface area contributed by atoms with Gasteiger partial charge in [0, 0.05) is 13.5 Å². The van der Waals surface area contributed by atoms with Crippen molar-refractivity contribution < 1.29 is 9.26 Å². The van der Waals surface area contributed by atoms with Gasteiger partial charge in [-0.05, 0) is 18.8 Å². The molecule has 0 spiro atoms. The van der Waals surface area contributed by atoms with Gasteiger partial charge in [0.25, 0.3) is 0 Å². The lowest BCUT2D eigenvalue weighted by Crippen LogP contribution is -2.44. The van der Waals surface area contributed by atoms with Gasteiger partial charge in [-0.25, -0.2) is 0 Å². The van der Waals surface area contributed by atoms with Crippen LogP contribution in [0.4, 0.5) is 0 Å². The average Bonchev–Trinajstić information content (AvgIpc) is 2.97. The van der Waals surface area contributed by atoms with E-state index in [9.17, 15) is 0 Å². The molecule has 1 saturated carbocycles. The van der Waals surface area contributed by atoms with Crippen LogP contribution >= 0.6 is 0 Å². The van der Waals surface area contributed by atoms with Crippen LogP contribution < -0.4 is 5.73 Å². The molecule has 2 rings (SSSR count). The van der Waals surface area contributed by atoms with E-state index < -0.39 is 5.54 Å². The molecule has 5 nitrogen and oxygen atoms in total. The Bertz CT molecular complexity index is 335. The Balaban J connectivity index is 2.23. The molecule has 1 aromatic rings. The van der Waals surface area contributed by atoms with Gasteiger partial charge in [0.1, 0.15) is 5.54 Å². The molecule has 15 heavy (non-hydrogen) atoms. The van der Waals surface area contributed by atoms with Crippen LogP contribution in [0.1, 0.15) is 31.5 Å². The van der Waals surface area contributed by atoms with Crippen LogP contribution in [0, 0.1) is 5.92 Å². The van der Waals surface area contributed by atoms with Crippen molar-refractivity contribution in [3.8, 4) is 0 Å². The maximum absolute atomic E-state index is 6.29. The Hall–Kier alpha value is -0.940. The minimum atomic E-state index is -0.564. The van der Waals surface area contributed by atoms with Crippen molar-refractivity contribution in [1.29, 1.82) is 0 Å². The van der Waals surface area contributed by atoms with Crippen LogP contribution in [0.15, 0.2) is 4.52 Å². The lowest BCUT2D eigenvalue weighted by atomic mass is 9.95. The standard InChI is InChI=1S/C10H17N3O2/c1-3-8-12-9(13-15-8)10(11,6-14-2)7-4-5-7/h7H,3-6,11H2,1-2H3. The molecule has 0 amide bonds. The van der Waals surface area contributed by atoms with Crippen LogP contribution in [0.2, 0.25) is 0 Å². The highest BCUT2D eigenvalue weighted by atomic mass is 16.5. The van der Waals surface area contributed by atoms with Crippen molar-refractivity contribution >= 4 is 0 Å². The van der Waals surface area contributed by atoms with E-state index in [1.165, 1.54) is 0 Å². The van der Waals surface area contributed by atoms with E-state index in [-0.39, 0.29) is 0 Å². The Morgan fingerprint density at radius 3 is 2.80 bits per heavy atom. The second-order valence-corrected chi connectivity index (χ2v) is 4.11. The van der Waals surface area contributed by atoms with Crippen LogP contribution in [-0.2, 0) is 16.7 Å². The Morgan fingerprint density at radius 2 is 2.33 bits per heavy atom. The number of methoxy groups -OCH3 is 1. The van der Waals surface area contributed by atoms with Crippen LogP contribution in [-0.4, -0.2) is 23.9 Å². The summed E-state index contributed by atoms with van der Waals surface area (Å²) in [6.07, 6.45) is 2.98. The summed E-state index contributed by atoms with van der Waals surface area (Å²) in [6.45, 7) is 2.42. The zero-order chi connectivity index (χ0) is 10.9. The van der Waals surface area contributed by atoms with Crippen molar-refractivity contribution in [3.05, 3.63) is 11.7 Å². The van der Waals surface area contributed by atoms with E-state index in [1.54, 1.807) is 7.11 Å². The molecule has 2 N–H and O–H groups in total. The summed E-state index contributed by atoms with van der Waals surface area (Å²) < 4.78 is 10.2. The van der Waals surface area contributed by atoms with E-state index in [2.05, 4.69) is 10.1 Å². The monoisotopic (exact) mass is 211 g/mol. The summed E-state index contributed by atoms with van der Waals surface area (Å²) in [4.78, 5) is 4.30. The highest BCUT2D eigenvalue weighted by Gasteiger charge is 2.47. The van der Waals surface area contributed by atoms with Crippen molar-refractivity contribution in [1.82, 2.24) is 10.1 Å². The molecule has 1 aliphatic carbocycles. The van der Waals surface area contributed by atoms with Crippen molar-refractivity contribution in [2.75, 3.05) is 13.7 Å². The van der Waals surface area contributed by atoms with E-state index >= 15 is 0 Å². The summed E-state index contributed by atoms with van der Waals surface area (Å²) in [6, 6.07) is 0. The number of rotatable bonds is 5. The third kappa shape index (κ3) is 1.89. The molecule has 1 unspecified atom stereocenters. The predicted molar refractivity (Wildman–Crippen MR) is 54.1 cm³/mol. The second kappa shape index (κ2) is 3.90. The van der Waals surface area contributed by atoms with Gasteiger partial charge in [-0.1, -0.05) is 12.1 Å². The zero-order valence-corrected chi connectivity index (χ0v) is 9.19. The lowest BCUT2D eigenvalue weighted by Gasteiger charge is -2.24. The number of nitrogens with two attached hydrogens (primary N) is 1. The molecule has 1 atom stereocenters. The zero-order valence-electron chi connectivity index (χ0n) is 9.19. The lowest BCUT2D eigenvalue weighted by molar-refractivity contribution is 0.112. The smallest absolute Gasteiger partial charge is 0.226 e. The number of aryl methyl sites for hydroxylation is 1. The number of hydrogen-bond donors (Lipinski definition) is 1. The Labute approximate surface area is 89.0 Å². The largest absolute Gasteiger partial charge is 0.382 e. The van der Waals surface area contributed by atoms with Gasteiger partial charge < -0.3 is 15.0 Å². The molecule has 0 aliphatic heterocycles. The molecule has 1 aromatic heterocycles. The van der Waals surface area contributed by atoms with Gasteiger partial charge in [-0.3, -0.25) is 0 Å². The highest BCUT2D eigenvalue weighted by molar-refractivity contribution is 5.11. The molecule has 1 aliphatic rings.